The molecular formula is C9H16FN3O2S. The van der Waals surface area contributed by atoms with E-state index in [0.717, 1.165) is 0 Å². The van der Waals surface area contributed by atoms with Crippen LogP contribution in [0.25, 0.3) is 0 Å². The van der Waals surface area contributed by atoms with Crippen LogP contribution < -0.4 is 0 Å². The third-order valence-electron chi connectivity index (χ3n) is 2.05. The second-order valence-electron chi connectivity index (χ2n) is 4.09. The molecule has 7 heteroatoms. The Bertz CT molecular complexity index is 453. The predicted molar refractivity (Wildman–Crippen MR) is 57.1 cm³/mol. The molecule has 0 aromatic carbocycles. The lowest BCUT2D eigenvalue weighted by molar-refractivity contribution is 0.504. The summed E-state index contributed by atoms with van der Waals surface area (Å²) in [5, 5.41) is 6.57. The van der Waals surface area contributed by atoms with Crippen molar-refractivity contribution in [3.63, 3.8) is 0 Å². The fraction of sp³-hybridized carbons (Fsp3) is 0.778. The summed E-state index contributed by atoms with van der Waals surface area (Å²) in [7, 11) is -4.78. The smallest absolute Gasteiger partial charge is 0.300 e. The Kier molecular flexibility index (Phi) is 4.01. The molecule has 0 saturated carbocycles. The number of hydrogen-bond acceptors (Lipinski definition) is 4. The van der Waals surface area contributed by atoms with E-state index in [1.54, 1.807) is 0 Å². The lowest BCUT2D eigenvalue weighted by Gasteiger charge is -2.08. The van der Waals surface area contributed by atoms with Gasteiger partial charge in [-0.15, -0.1) is 10.2 Å². The molecule has 0 fully saturated rings. The van der Waals surface area contributed by atoms with Gasteiger partial charge in [-0.05, 0) is 12.3 Å². The van der Waals surface area contributed by atoms with E-state index >= 15 is 0 Å². The number of hydrogen-bond donors (Lipinski definition) is 0. The van der Waals surface area contributed by atoms with E-state index in [-0.39, 0.29) is 0 Å². The largest absolute Gasteiger partial charge is 0.368 e. The van der Waals surface area contributed by atoms with Crippen molar-refractivity contribution in [2.45, 2.75) is 45.3 Å². The molecule has 0 saturated heterocycles. The van der Waals surface area contributed by atoms with Gasteiger partial charge in [0, 0.05) is 13.0 Å². The van der Waals surface area contributed by atoms with Gasteiger partial charge in [-0.25, -0.2) is 0 Å². The highest BCUT2D eigenvalue weighted by molar-refractivity contribution is 7.86. The second-order valence-corrected chi connectivity index (χ2v) is 5.33. The normalized spacial score (nSPS) is 12.3. The van der Waals surface area contributed by atoms with E-state index in [1.165, 1.54) is 4.57 Å². The van der Waals surface area contributed by atoms with Crippen molar-refractivity contribution in [3.8, 4) is 0 Å². The third kappa shape index (κ3) is 3.01. The highest BCUT2D eigenvalue weighted by Gasteiger charge is 2.23. The lowest BCUT2D eigenvalue weighted by Crippen LogP contribution is -2.11. The minimum absolute atomic E-state index is 0.315. The van der Waals surface area contributed by atoms with Crippen LogP contribution >= 0.6 is 0 Å². The van der Waals surface area contributed by atoms with Crippen LogP contribution in [0.3, 0.4) is 0 Å². The fourth-order valence-electron chi connectivity index (χ4n) is 1.46. The van der Waals surface area contributed by atoms with E-state index in [1.807, 2.05) is 20.8 Å². The van der Waals surface area contributed by atoms with E-state index in [9.17, 15) is 12.3 Å². The Hall–Kier alpha value is -0.980. The Morgan fingerprint density at radius 2 is 2.00 bits per heavy atom. The van der Waals surface area contributed by atoms with Gasteiger partial charge in [0.05, 0.1) is 0 Å². The zero-order chi connectivity index (χ0) is 12.3. The molecule has 92 valence electrons. The molecule has 1 aromatic heterocycles. The van der Waals surface area contributed by atoms with E-state index in [2.05, 4.69) is 10.2 Å². The molecule has 0 atom stereocenters. The Labute approximate surface area is 94.9 Å². The Morgan fingerprint density at radius 1 is 1.38 bits per heavy atom. The van der Waals surface area contributed by atoms with Gasteiger partial charge in [-0.2, -0.15) is 8.42 Å². The molecule has 0 N–H and O–H groups in total. The molecule has 1 aromatic rings. The highest BCUT2D eigenvalue weighted by Crippen LogP contribution is 2.14. The first-order valence-corrected chi connectivity index (χ1v) is 6.61. The van der Waals surface area contributed by atoms with E-state index in [0.29, 0.717) is 31.1 Å². The Balaban J connectivity index is 3.17. The maximum absolute atomic E-state index is 12.9. The zero-order valence-electron chi connectivity index (χ0n) is 9.64. The minimum atomic E-state index is -4.78. The van der Waals surface area contributed by atoms with Gasteiger partial charge in [-0.3, -0.25) is 4.57 Å². The van der Waals surface area contributed by atoms with Crippen molar-refractivity contribution < 1.29 is 12.3 Å². The Morgan fingerprint density at radius 3 is 2.44 bits per heavy atom. The summed E-state index contributed by atoms with van der Waals surface area (Å²) in [6, 6.07) is 0. The quantitative estimate of drug-likeness (QED) is 0.742. The summed E-state index contributed by atoms with van der Waals surface area (Å²) in [6.07, 6.45) is 1.29. The van der Waals surface area contributed by atoms with Gasteiger partial charge in [0.1, 0.15) is 5.82 Å². The summed E-state index contributed by atoms with van der Waals surface area (Å²) in [5.74, 6) is 0.836. The van der Waals surface area contributed by atoms with Crippen LogP contribution in [0.1, 0.15) is 33.0 Å². The SMILES string of the molecule is CCCn1c(CC(C)C)nnc1S(=O)(=O)F. The van der Waals surface area contributed by atoms with Crippen molar-refractivity contribution in [2.24, 2.45) is 5.92 Å². The van der Waals surface area contributed by atoms with Crippen LogP contribution in [0, 0.1) is 5.92 Å². The molecular weight excluding hydrogens is 233 g/mol. The molecule has 0 amide bonds. The first-order valence-electron chi connectivity index (χ1n) is 5.23. The molecule has 0 bridgehead atoms. The van der Waals surface area contributed by atoms with Crippen LogP contribution in [0.15, 0.2) is 5.16 Å². The summed E-state index contributed by atoms with van der Waals surface area (Å²) >= 11 is 0. The van der Waals surface area contributed by atoms with Gasteiger partial charge >= 0.3 is 10.2 Å². The van der Waals surface area contributed by atoms with Gasteiger partial charge in [0.15, 0.2) is 0 Å². The first kappa shape index (κ1) is 13.1. The molecule has 5 nitrogen and oxygen atoms in total. The van der Waals surface area contributed by atoms with Crippen LogP contribution in [0.2, 0.25) is 0 Å². The minimum Gasteiger partial charge on any atom is -0.300 e. The molecule has 1 heterocycles. The molecule has 0 aliphatic carbocycles. The summed E-state index contributed by atoms with van der Waals surface area (Å²) in [6.45, 7) is 6.25. The molecule has 0 aliphatic rings. The zero-order valence-corrected chi connectivity index (χ0v) is 10.5. The van der Waals surface area contributed by atoms with Gasteiger partial charge < -0.3 is 0 Å². The van der Waals surface area contributed by atoms with E-state index < -0.39 is 15.4 Å². The molecule has 0 spiro atoms. The predicted octanol–water partition coefficient (Wildman–Crippen LogP) is 1.54. The van der Waals surface area contributed by atoms with Crippen molar-refractivity contribution in [1.29, 1.82) is 0 Å². The van der Waals surface area contributed by atoms with Gasteiger partial charge in [0.2, 0.25) is 0 Å². The average molecular weight is 249 g/mol. The maximum atomic E-state index is 12.9. The summed E-state index contributed by atoms with van der Waals surface area (Å²) in [4.78, 5) is 0. The van der Waals surface area contributed by atoms with Crippen molar-refractivity contribution in [1.82, 2.24) is 14.8 Å². The average Bonchev–Trinajstić information content (AvgIpc) is 2.47. The monoisotopic (exact) mass is 249 g/mol. The third-order valence-corrected chi connectivity index (χ3v) is 2.79. The van der Waals surface area contributed by atoms with Crippen LogP contribution in [0.5, 0.6) is 0 Å². The van der Waals surface area contributed by atoms with Crippen LogP contribution in [-0.4, -0.2) is 23.2 Å². The fourth-order valence-corrected chi connectivity index (χ4v) is 2.06. The summed E-state index contributed by atoms with van der Waals surface area (Å²) < 4.78 is 35.9. The summed E-state index contributed by atoms with van der Waals surface area (Å²) in [5.41, 5.74) is 0. The van der Waals surface area contributed by atoms with Gasteiger partial charge in [0.25, 0.3) is 5.16 Å². The topological polar surface area (TPSA) is 64.8 Å². The lowest BCUT2D eigenvalue weighted by atomic mass is 10.1. The van der Waals surface area contributed by atoms with Crippen molar-refractivity contribution >= 4 is 10.2 Å². The van der Waals surface area contributed by atoms with Crippen LogP contribution in [0.4, 0.5) is 3.89 Å². The maximum Gasteiger partial charge on any atom is 0.368 e. The number of halogens is 1. The molecule has 1 rings (SSSR count). The number of aromatic nitrogens is 3. The van der Waals surface area contributed by atoms with Gasteiger partial charge in [-0.1, -0.05) is 24.7 Å². The van der Waals surface area contributed by atoms with Crippen molar-refractivity contribution in [2.75, 3.05) is 0 Å². The number of nitrogens with zero attached hydrogens (tertiary/aromatic N) is 3. The number of rotatable bonds is 5. The highest BCUT2D eigenvalue weighted by atomic mass is 32.3. The van der Waals surface area contributed by atoms with E-state index in [4.69, 9.17) is 0 Å². The van der Waals surface area contributed by atoms with Crippen molar-refractivity contribution in [3.05, 3.63) is 5.82 Å². The molecule has 16 heavy (non-hydrogen) atoms. The molecule has 0 radical (unpaired) electrons. The standard InChI is InChI=1S/C9H16FN3O2S/c1-4-5-13-8(6-7(2)3)11-12-9(13)16(10,14)15/h7H,4-6H2,1-3H3. The molecule has 0 unspecified atom stereocenters. The second kappa shape index (κ2) is 4.90. The first-order chi connectivity index (χ1) is 7.36. The van der Waals surface area contributed by atoms with Crippen LogP contribution in [-0.2, 0) is 23.2 Å². The molecule has 0 aliphatic heterocycles.